The Morgan fingerprint density at radius 2 is 1.86 bits per heavy atom. The molecule has 21 heavy (non-hydrogen) atoms. The SMILES string of the molecule is CCOc1ccc(C(=O)NCCC(Cl)CC)cc1OCC. The Labute approximate surface area is 131 Å². The highest BCUT2D eigenvalue weighted by Crippen LogP contribution is 2.28. The van der Waals surface area contributed by atoms with Gasteiger partial charge in [0.15, 0.2) is 11.5 Å². The Morgan fingerprint density at radius 3 is 2.48 bits per heavy atom. The summed E-state index contributed by atoms with van der Waals surface area (Å²) in [5.41, 5.74) is 0.560. The first-order valence-corrected chi connectivity index (χ1v) is 7.87. The van der Waals surface area contributed by atoms with Crippen LogP contribution in [0.4, 0.5) is 0 Å². The van der Waals surface area contributed by atoms with Crippen LogP contribution in [0.25, 0.3) is 0 Å². The third kappa shape index (κ3) is 5.84. The number of amides is 1. The monoisotopic (exact) mass is 313 g/mol. The molecule has 1 aromatic rings. The number of nitrogens with one attached hydrogen (secondary N) is 1. The van der Waals surface area contributed by atoms with E-state index in [1.165, 1.54) is 0 Å². The minimum Gasteiger partial charge on any atom is -0.490 e. The summed E-state index contributed by atoms with van der Waals surface area (Å²) >= 11 is 6.03. The normalized spacial score (nSPS) is 11.8. The van der Waals surface area contributed by atoms with E-state index in [9.17, 15) is 4.79 Å². The van der Waals surface area contributed by atoms with Gasteiger partial charge in [-0.2, -0.15) is 0 Å². The lowest BCUT2D eigenvalue weighted by Gasteiger charge is -2.13. The van der Waals surface area contributed by atoms with Crippen LogP contribution in [0.2, 0.25) is 0 Å². The summed E-state index contributed by atoms with van der Waals surface area (Å²) in [7, 11) is 0. The maximum atomic E-state index is 12.1. The van der Waals surface area contributed by atoms with Crippen molar-refractivity contribution in [2.75, 3.05) is 19.8 Å². The van der Waals surface area contributed by atoms with Crippen molar-refractivity contribution in [1.82, 2.24) is 5.32 Å². The van der Waals surface area contributed by atoms with E-state index in [0.29, 0.717) is 36.8 Å². The summed E-state index contributed by atoms with van der Waals surface area (Å²) in [5.74, 6) is 1.12. The van der Waals surface area contributed by atoms with Crippen LogP contribution in [0.15, 0.2) is 18.2 Å². The summed E-state index contributed by atoms with van der Waals surface area (Å²) in [6, 6.07) is 5.21. The highest BCUT2D eigenvalue weighted by atomic mass is 35.5. The van der Waals surface area contributed by atoms with Gasteiger partial charge in [0.05, 0.1) is 13.2 Å². The summed E-state index contributed by atoms with van der Waals surface area (Å²) in [6.07, 6.45) is 1.66. The lowest BCUT2D eigenvalue weighted by molar-refractivity contribution is 0.0952. The maximum absolute atomic E-state index is 12.1. The van der Waals surface area contributed by atoms with E-state index in [2.05, 4.69) is 5.32 Å². The van der Waals surface area contributed by atoms with E-state index in [1.54, 1.807) is 18.2 Å². The molecule has 0 bridgehead atoms. The smallest absolute Gasteiger partial charge is 0.251 e. The van der Waals surface area contributed by atoms with Gasteiger partial charge in [-0.1, -0.05) is 6.92 Å². The second kappa shape index (κ2) is 9.50. The number of ether oxygens (including phenoxy) is 2. The van der Waals surface area contributed by atoms with Crippen LogP contribution in [0.5, 0.6) is 11.5 Å². The minimum absolute atomic E-state index is 0.101. The number of halogens is 1. The van der Waals surface area contributed by atoms with Gasteiger partial charge >= 0.3 is 0 Å². The van der Waals surface area contributed by atoms with Crippen LogP contribution in [0.3, 0.4) is 0 Å². The second-order valence-electron chi connectivity index (χ2n) is 4.58. The molecule has 0 spiro atoms. The van der Waals surface area contributed by atoms with Gasteiger partial charge in [0.25, 0.3) is 5.91 Å². The molecule has 0 aliphatic carbocycles. The summed E-state index contributed by atoms with van der Waals surface area (Å²) in [4.78, 5) is 12.1. The number of hydrogen-bond acceptors (Lipinski definition) is 3. The average molecular weight is 314 g/mol. The Balaban J connectivity index is 2.69. The number of hydrogen-bond donors (Lipinski definition) is 1. The number of carbonyl (C=O) groups excluding carboxylic acids is 1. The predicted molar refractivity (Wildman–Crippen MR) is 85.7 cm³/mol. The fourth-order valence-corrected chi connectivity index (χ4v) is 1.95. The number of carbonyl (C=O) groups is 1. The second-order valence-corrected chi connectivity index (χ2v) is 5.19. The molecule has 1 rings (SSSR count). The van der Waals surface area contributed by atoms with E-state index in [-0.39, 0.29) is 11.3 Å². The molecule has 1 aromatic carbocycles. The molecule has 0 aromatic heterocycles. The molecule has 0 fully saturated rings. The molecule has 118 valence electrons. The molecule has 1 atom stereocenters. The largest absolute Gasteiger partial charge is 0.490 e. The zero-order valence-corrected chi connectivity index (χ0v) is 13.7. The number of benzene rings is 1. The molecular weight excluding hydrogens is 290 g/mol. The average Bonchev–Trinajstić information content (AvgIpc) is 2.49. The lowest BCUT2D eigenvalue weighted by atomic mass is 10.1. The van der Waals surface area contributed by atoms with Crippen LogP contribution >= 0.6 is 11.6 Å². The first-order valence-electron chi connectivity index (χ1n) is 7.44. The van der Waals surface area contributed by atoms with Crippen LogP contribution < -0.4 is 14.8 Å². The molecule has 0 radical (unpaired) electrons. The Kier molecular flexibility index (Phi) is 7.98. The standard InChI is InChI=1S/C16H24ClNO3/c1-4-13(17)9-10-18-16(19)12-7-8-14(20-5-2)15(11-12)21-6-3/h7-8,11,13H,4-6,9-10H2,1-3H3,(H,18,19). The van der Waals surface area contributed by atoms with Crippen LogP contribution in [0.1, 0.15) is 44.0 Å². The zero-order chi connectivity index (χ0) is 15.7. The molecule has 1 amide bonds. The molecule has 0 heterocycles. The third-order valence-electron chi connectivity index (χ3n) is 2.99. The molecule has 0 aliphatic rings. The summed E-state index contributed by atoms with van der Waals surface area (Å²) in [5, 5.41) is 2.97. The highest BCUT2D eigenvalue weighted by Gasteiger charge is 2.11. The fourth-order valence-electron chi connectivity index (χ4n) is 1.84. The maximum Gasteiger partial charge on any atom is 0.251 e. The van der Waals surface area contributed by atoms with Gasteiger partial charge in [-0.3, -0.25) is 4.79 Å². The van der Waals surface area contributed by atoms with E-state index < -0.39 is 0 Å². The van der Waals surface area contributed by atoms with Crippen LogP contribution in [-0.2, 0) is 0 Å². The van der Waals surface area contributed by atoms with Crippen molar-refractivity contribution >= 4 is 17.5 Å². The molecule has 1 unspecified atom stereocenters. The van der Waals surface area contributed by atoms with Crippen molar-refractivity contribution in [3.63, 3.8) is 0 Å². The molecule has 0 aliphatic heterocycles. The van der Waals surface area contributed by atoms with Crippen molar-refractivity contribution in [2.24, 2.45) is 0 Å². The van der Waals surface area contributed by atoms with Crippen molar-refractivity contribution in [3.8, 4) is 11.5 Å². The van der Waals surface area contributed by atoms with Gasteiger partial charge in [0.2, 0.25) is 0 Å². The summed E-state index contributed by atoms with van der Waals surface area (Å²) < 4.78 is 11.0. The number of alkyl halides is 1. The Morgan fingerprint density at radius 1 is 1.19 bits per heavy atom. The van der Waals surface area contributed by atoms with Gasteiger partial charge in [0.1, 0.15) is 0 Å². The molecule has 4 nitrogen and oxygen atoms in total. The molecule has 0 saturated carbocycles. The van der Waals surface area contributed by atoms with E-state index in [0.717, 1.165) is 12.8 Å². The van der Waals surface area contributed by atoms with E-state index in [1.807, 2.05) is 20.8 Å². The molecule has 1 N–H and O–H groups in total. The first kappa shape index (κ1) is 17.6. The lowest BCUT2D eigenvalue weighted by Crippen LogP contribution is -2.26. The minimum atomic E-state index is -0.126. The van der Waals surface area contributed by atoms with Crippen LogP contribution in [0, 0.1) is 0 Å². The van der Waals surface area contributed by atoms with Gasteiger partial charge < -0.3 is 14.8 Å². The molecule has 0 saturated heterocycles. The van der Waals surface area contributed by atoms with Crippen molar-refractivity contribution in [3.05, 3.63) is 23.8 Å². The van der Waals surface area contributed by atoms with Gasteiger partial charge in [0, 0.05) is 17.5 Å². The molecule has 5 heteroatoms. The van der Waals surface area contributed by atoms with Crippen molar-refractivity contribution in [1.29, 1.82) is 0 Å². The van der Waals surface area contributed by atoms with Crippen molar-refractivity contribution < 1.29 is 14.3 Å². The van der Waals surface area contributed by atoms with Gasteiger partial charge in [-0.25, -0.2) is 0 Å². The molecular formula is C16H24ClNO3. The highest BCUT2D eigenvalue weighted by molar-refractivity contribution is 6.20. The predicted octanol–water partition coefficient (Wildman–Crippen LogP) is 3.62. The van der Waals surface area contributed by atoms with E-state index in [4.69, 9.17) is 21.1 Å². The fraction of sp³-hybridized carbons (Fsp3) is 0.562. The first-order chi connectivity index (χ1) is 10.1. The topological polar surface area (TPSA) is 47.6 Å². The summed E-state index contributed by atoms with van der Waals surface area (Å²) in [6.45, 7) is 7.48. The quantitative estimate of drug-likeness (QED) is 0.708. The van der Waals surface area contributed by atoms with Gasteiger partial charge in [-0.05, 0) is 44.9 Å². The third-order valence-corrected chi connectivity index (χ3v) is 3.52. The Bertz CT molecular complexity index is 451. The van der Waals surface area contributed by atoms with Crippen molar-refractivity contribution in [2.45, 2.75) is 39.0 Å². The number of rotatable bonds is 9. The zero-order valence-electron chi connectivity index (χ0n) is 12.9. The van der Waals surface area contributed by atoms with Crippen LogP contribution in [-0.4, -0.2) is 31.0 Å². The van der Waals surface area contributed by atoms with Gasteiger partial charge in [-0.15, -0.1) is 11.6 Å². The van der Waals surface area contributed by atoms with E-state index >= 15 is 0 Å². The Hall–Kier alpha value is -1.42.